The molecule has 0 aliphatic carbocycles. The molecule has 0 radical (unpaired) electrons. The van der Waals surface area contributed by atoms with E-state index >= 15 is 0 Å². The molecule has 0 aliphatic heterocycles. The van der Waals surface area contributed by atoms with Crippen LogP contribution in [0, 0.1) is 0 Å². The fraction of sp³-hybridized carbons (Fsp3) is 0.100. The van der Waals surface area contributed by atoms with Crippen LogP contribution in [0.15, 0.2) is 39.7 Å². The summed E-state index contributed by atoms with van der Waals surface area (Å²) in [4.78, 5) is 11.4. The average molecular weight is 240 g/mol. The second-order valence-electron chi connectivity index (χ2n) is 3.23. The summed E-state index contributed by atoms with van der Waals surface area (Å²) >= 11 is 0. The molecule has 0 spiro atoms. The summed E-state index contributed by atoms with van der Waals surface area (Å²) in [5.41, 5.74) is 0.0980. The van der Waals surface area contributed by atoms with Gasteiger partial charge < -0.3 is 8.60 Å². The van der Waals surface area contributed by atoms with E-state index in [2.05, 4.69) is 4.18 Å². The second kappa shape index (κ2) is 3.64. The van der Waals surface area contributed by atoms with Crippen molar-refractivity contribution in [3.8, 4) is 5.75 Å². The van der Waals surface area contributed by atoms with Crippen molar-refractivity contribution in [3.63, 3.8) is 0 Å². The predicted octanol–water partition coefficient (Wildman–Crippen LogP) is 1.13. The molecule has 2 aromatic rings. The molecule has 6 heteroatoms. The van der Waals surface area contributed by atoms with Crippen molar-refractivity contribution in [2.24, 2.45) is 0 Å². The molecule has 0 bridgehead atoms. The van der Waals surface area contributed by atoms with Gasteiger partial charge >= 0.3 is 10.1 Å². The lowest BCUT2D eigenvalue weighted by Crippen LogP contribution is -2.06. The topological polar surface area (TPSA) is 73.6 Å². The molecule has 1 aromatic carbocycles. The molecule has 0 saturated carbocycles. The minimum Gasteiger partial charge on any atom is -0.464 e. The van der Waals surface area contributed by atoms with Crippen molar-refractivity contribution in [2.75, 3.05) is 6.26 Å². The maximum atomic E-state index is 11.4. The normalized spacial score (nSPS) is 11.6. The highest BCUT2D eigenvalue weighted by atomic mass is 32.2. The van der Waals surface area contributed by atoms with Crippen LogP contribution in [0.4, 0.5) is 0 Å². The molecule has 2 rings (SSSR count). The summed E-state index contributed by atoms with van der Waals surface area (Å²) in [5, 5.41) is 0.378. The van der Waals surface area contributed by atoms with E-state index < -0.39 is 10.1 Å². The maximum absolute atomic E-state index is 11.4. The van der Waals surface area contributed by atoms with Crippen LogP contribution in [0.3, 0.4) is 0 Å². The first-order chi connectivity index (χ1) is 7.46. The SMILES string of the molecule is CS(=O)(=O)Oc1ccc2c(=O)ccoc2c1. The highest BCUT2D eigenvalue weighted by Gasteiger charge is 2.07. The summed E-state index contributed by atoms with van der Waals surface area (Å²) in [6.45, 7) is 0. The van der Waals surface area contributed by atoms with Crippen molar-refractivity contribution in [1.82, 2.24) is 0 Å². The van der Waals surface area contributed by atoms with E-state index in [9.17, 15) is 13.2 Å². The molecule has 0 amide bonds. The van der Waals surface area contributed by atoms with Gasteiger partial charge in [0.2, 0.25) is 0 Å². The van der Waals surface area contributed by atoms with Gasteiger partial charge in [-0.25, -0.2) is 0 Å². The third-order valence-corrected chi connectivity index (χ3v) is 2.38. The molecule has 16 heavy (non-hydrogen) atoms. The van der Waals surface area contributed by atoms with E-state index in [1.165, 1.54) is 30.5 Å². The van der Waals surface area contributed by atoms with Crippen molar-refractivity contribution >= 4 is 21.1 Å². The molecule has 0 unspecified atom stereocenters. The zero-order valence-corrected chi connectivity index (χ0v) is 9.15. The van der Waals surface area contributed by atoms with Crippen molar-refractivity contribution < 1.29 is 17.0 Å². The first-order valence-electron chi connectivity index (χ1n) is 4.37. The Morgan fingerprint density at radius 1 is 1.25 bits per heavy atom. The Balaban J connectivity index is 2.57. The van der Waals surface area contributed by atoms with Gasteiger partial charge in [-0.15, -0.1) is 0 Å². The highest BCUT2D eigenvalue weighted by molar-refractivity contribution is 7.86. The van der Waals surface area contributed by atoms with Crippen molar-refractivity contribution in [3.05, 3.63) is 40.8 Å². The molecule has 0 aliphatic rings. The maximum Gasteiger partial charge on any atom is 0.306 e. The summed E-state index contributed by atoms with van der Waals surface area (Å²) in [6, 6.07) is 5.51. The molecular weight excluding hydrogens is 232 g/mol. The number of benzene rings is 1. The Labute approximate surface area is 91.4 Å². The second-order valence-corrected chi connectivity index (χ2v) is 4.81. The van der Waals surface area contributed by atoms with Gasteiger partial charge in [0, 0.05) is 12.1 Å². The Morgan fingerprint density at radius 2 is 2.00 bits per heavy atom. The molecular formula is C10H8O5S. The van der Waals surface area contributed by atoms with Crippen LogP contribution < -0.4 is 9.61 Å². The van der Waals surface area contributed by atoms with Gasteiger partial charge in [-0.3, -0.25) is 4.79 Å². The lowest BCUT2D eigenvalue weighted by atomic mass is 10.2. The number of rotatable bonds is 2. The van der Waals surface area contributed by atoms with E-state index in [-0.39, 0.29) is 16.8 Å². The van der Waals surface area contributed by atoms with Gasteiger partial charge in [-0.2, -0.15) is 8.42 Å². The fourth-order valence-corrected chi connectivity index (χ4v) is 1.74. The lowest BCUT2D eigenvalue weighted by molar-refractivity contribution is 0.492. The number of hydrogen-bond acceptors (Lipinski definition) is 5. The predicted molar refractivity (Wildman–Crippen MR) is 58.0 cm³/mol. The van der Waals surface area contributed by atoms with E-state index in [1.54, 1.807) is 0 Å². The van der Waals surface area contributed by atoms with E-state index in [0.29, 0.717) is 5.39 Å². The van der Waals surface area contributed by atoms with Crippen molar-refractivity contribution in [2.45, 2.75) is 0 Å². The summed E-state index contributed by atoms with van der Waals surface area (Å²) < 4.78 is 31.5. The van der Waals surface area contributed by atoms with Crippen LogP contribution in [-0.2, 0) is 10.1 Å². The molecule has 0 N–H and O–H groups in total. The van der Waals surface area contributed by atoms with Crippen LogP contribution in [-0.4, -0.2) is 14.7 Å². The van der Waals surface area contributed by atoms with Crippen LogP contribution in [0.2, 0.25) is 0 Å². The lowest BCUT2D eigenvalue weighted by Gasteiger charge is -2.02. The van der Waals surface area contributed by atoms with Crippen molar-refractivity contribution in [1.29, 1.82) is 0 Å². The van der Waals surface area contributed by atoms with Gasteiger partial charge in [-0.05, 0) is 12.1 Å². The minimum absolute atomic E-state index is 0.115. The fourth-order valence-electron chi connectivity index (χ4n) is 1.29. The van der Waals surface area contributed by atoms with Gasteiger partial charge in [0.25, 0.3) is 0 Å². The minimum atomic E-state index is -3.58. The highest BCUT2D eigenvalue weighted by Crippen LogP contribution is 2.19. The average Bonchev–Trinajstić information content (AvgIpc) is 2.15. The molecule has 1 heterocycles. The third kappa shape index (κ3) is 2.22. The van der Waals surface area contributed by atoms with Gasteiger partial charge in [0.1, 0.15) is 11.3 Å². The number of fused-ring (bicyclic) bond motifs is 1. The van der Waals surface area contributed by atoms with E-state index in [4.69, 9.17) is 4.42 Å². The van der Waals surface area contributed by atoms with Crippen LogP contribution in [0.25, 0.3) is 11.0 Å². The summed E-state index contributed by atoms with van der Waals surface area (Å²) in [7, 11) is -3.58. The van der Waals surface area contributed by atoms with Crippen LogP contribution >= 0.6 is 0 Å². The molecule has 0 saturated heterocycles. The molecule has 84 valence electrons. The van der Waals surface area contributed by atoms with Gasteiger partial charge in [-0.1, -0.05) is 0 Å². The molecule has 0 fully saturated rings. The van der Waals surface area contributed by atoms with Crippen LogP contribution in [0.5, 0.6) is 5.75 Å². The van der Waals surface area contributed by atoms with E-state index in [0.717, 1.165) is 6.26 Å². The Morgan fingerprint density at radius 3 is 2.69 bits per heavy atom. The smallest absolute Gasteiger partial charge is 0.306 e. The standard InChI is InChI=1S/C10H8O5S/c1-16(12,13)15-7-2-3-8-9(11)4-5-14-10(8)6-7/h2-6H,1H3. The van der Waals surface area contributed by atoms with E-state index in [1.807, 2.05) is 0 Å². The zero-order chi connectivity index (χ0) is 11.8. The van der Waals surface area contributed by atoms with Crippen LogP contribution in [0.1, 0.15) is 0 Å². The first kappa shape index (κ1) is 10.7. The Hall–Kier alpha value is -1.82. The quantitative estimate of drug-likeness (QED) is 0.736. The summed E-state index contributed by atoms with van der Waals surface area (Å²) in [5.74, 6) is 0.115. The molecule has 0 atom stereocenters. The Kier molecular flexibility index (Phi) is 2.43. The summed E-state index contributed by atoms with van der Waals surface area (Å²) in [6.07, 6.45) is 2.19. The molecule has 5 nitrogen and oxygen atoms in total. The molecule has 1 aromatic heterocycles. The number of hydrogen-bond donors (Lipinski definition) is 0. The third-order valence-electron chi connectivity index (χ3n) is 1.88. The first-order valence-corrected chi connectivity index (χ1v) is 6.18. The van der Waals surface area contributed by atoms with Gasteiger partial charge in [0.15, 0.2) is 5.43 Å². The Bertz CT molecular complexity index is 684. The largest absolute Gasteiger partial charge is 0.464 e. The zero-order valence-electron chi connectivity index (χ0n) is 8.34. The van der Waals surface area contributed by atoms with Gasteiger partial charge in [0.05, 0.1) is 17.9 Å². The monoisotopic (exact) mass is 240 g/mol.